The Labute approximate surface area is 118 Å². The summed E-state index contributed by atoms with van der Waals surface area (Å²) >= 11 is 1.26. The summed E-state index contributed by atoms with van der Waals surface area (Å²) in [5.41, 5.74) is 0.533. The highest BCUT2D eigenvalue weighted by atomic mass is 32.1. The van der Waals surface area contributed by atoms with Crippen LogP contribution in [0, 0.1) is 0 Å². The number of hydrogen-bond acceptors (Lipinski definition) is 4. The maximum atomic E-state index is 11.6. The number of ether oxygens (including phenoxy) is 1. The van der Waals surface area contributed by atoms with E-state index in [4.69, 9.17) is 9.84 Å². The molecule has 6 heteroatoms. The van der Waals surface area contributed by atoms with E-state index in [0.29, 0.717) is 14.9 Å². The summed E-state index contributed by atoms with van der Waals surface area (Å²) in [5, 5.41) is 8.60. The second-order valence-electron chi connectivity index (χ2n) is 4.02. The lowest BCUT2D eigenvalue weighted by Gasteiger charge is -2.07. The van der Waals surface area contributed by atoms with E-state index in [0.717, 1.165) is 5.56 Å². The average Bonchev–Trinajstić information content (AvgIpc) is 2.69. The van der Waals surface area contributed by atoms with Crippen molar-refractivity contribution < 1.29 is 14.6 Å². The zero-order valence-corrected chi connectivity index (χ0v) is 11.4. The second kappa shape index (κ2) is 6.21. The third kappa shape index (κ3) is 3.58. The fourth-order valence-electron chi connectivity index (χ4n) is 1.61. The Morgan fingerprint density at radius 3 is 2.85 bits per heavy atom. The Bertz CT molecular complexity index is 775. The zero-order chi connectivity index (χ0) is 14.5. The number of aliphatic carboxylic acids is 1. The van der Waals surface area contributed by atoms with Crippen molar-refractivity contribution in [3.63, 3.8) is 0 Å². The number of para-hydroxylation sites is 1. The van der Waals surface area contributed by atoms with Crippen LogP contribution in [0.2, 0.25) is 0 Å². The SMILES string of the molecule is C=c1[nH]c(=O)/c(=C/c2ccccc2OCCC(=O)O)s1. The first-order valence-electron chi connectivity index (χ1n) is 5.89. The van der Waals surface area contributed by atoms with Gasteiger partial charge in [-0.2, -0.15) is 0 Å². The summed E-state index contributed by atoms with van der Waals surface area (Å²) in [5.74, 6) is -0.366. The van der Waals surface area contributed by atoms with Crippen LogP contribution in [-0.4, -0.2) is 22.7 Å². The summed E-state index contributed by atoms with van der Waals surface area (Å²) in [6, 6.07) is 7.15. The van der Waals surface area contributed by atoms with Crippen molar-refractivity contribution in [1.82, 2.24) is 4.98 Å². The molecule has 2 rings (SSSR count). The van der Waals surface area contributed by atoms with Gasteiger partial charge < -0.3 is 14.8 Å². The topological polar surface area (TPSA) is 79.4 Å². The van der Waals surface area contributed by atoms with Gasteiger partial charge in [0.2, 0.25) is 0 Å². The molecule has 2 aromatic rings. The Morgan fingerprint density at radius 2 is 2.20 bits per heavy atom. The van der Waals surface area contributed by atoms with E-state index < -0.39 is 5.97 Å². The van der Waals surface area contributed by atoms with E-state index in [1.54, 1.807) is 24.3 Å². The number of hydrogen-bond donors (Lipinski definition) is 2. The molecule has 104 valence electrons. The molecule has 2 N–H and O–H groups in total. The fraction of sp³-hybridized carbons (Fsp3) is 0.143. The van der Waals surface area contributed by atoms with Crippen LogP contribution < -0.4 is 19.5 Å². The van der Waals surface area contributed by atoms with Crippen molar-refractivity contribution in [2.75, 3.05) is 6.61 Å². The summed E-state index contributed by atoms with van der Waals surface area (Å²) in [4.78, 5) is 24.7. The van der Waals surface area contributed by atoms with Gasteiger partial charge in [0.05, 0.1) is 22.2 Å². The normalized spacial score (nSPS) is 11.5. The van der Waals surface area contributed by atoms with Crippen molar-refractivity contribution in [2.24, 2.45) is 0 Å². The van der Waals surface area contributed by atoms with Crippen LogP contribution in [0.1, 0.15) is 12.0 Å². The molecule has 0 aliphatic rings. The number of benzene rings is 1. The number of H-pyrrole nitrogens is 1. The molecule has 0 aliphatic heterocycles. The van der Waals surface area contributed by atoms with Gasteiger partial charge in [-0.3, -0.25) is 9.59 Å². The van der Waals surface area contributed by atoms with Crippen molar-refractivity contribution >= 4 is 30.0 Å². The number of aromatic nitrogens is 1. The van der Waals surface area contributed by atoms with Gasteiger partial charge in [0.25, 0.3) is 5.56 Å². The van der Waals surface area contributed by atoms with Crippen LogP contribution in [0.15, 0.2) is 29.1 Å². The molecule has 5 nitrogen and oxygen atoms in total. The van der Waals surface area contributed by atoms with Gasteiger partial charge in [-0.05, 0) is 12.1 Å². The first-order valence-corrected chi connectivity index (χ1v) is 6.71. The van der Waals surface area contributed by atoms with Crippen LogP contribution in [-0.2, 0) is 4.79 Å². The van der Waals surface area contributed by atoms with Crippen LogP contribution in [0.25, 0.3) is 12.7 Å². The molecule has 0 saturated heterocycles. The maximum absolute atomic E-state index is 11.6. The largest absolute Gasteiger partial charge is 0.492 e. The number of thiazole rings is 1. The summed E-state index contributed by atoms with van der Waals surface area (Å²) in [7, 11) is 0. The smallest absolute Gasteiger partial charge is 0.306 e. The van der Waals surface area contributed by atoms with E-state index in [1.165, 1.54) is 11.3 Å². The molecule has 1 aromatic carbocycles. The van der Waals surface area contributed by atoms with Crippen LogP contribution in [0.5, 0.6) is 5.75 Å². The third-order valence-corrected chi connectivity index (χ3v) is 3.36. The van der Waals surface area contributed by atoms with E-state index in [2.05, 4.69) is 11.6 Å². The van der Waals surface area contributed by atoms with Crippen molar-refractivity contribution in [1.29, 1.82) is 0 Å². The van der Waals surface area contributed by atoms with E-state index in [9.17, 15) is 9.59 Å². The number of nitrogens with one attached hydrogen (secondary N) is 1. The number of carboxylic acids is 1. The van der Waals surface area contributed by atoms with Gasteiger partial charge in [0.1, 0.15) is 5.75 Å². The second-order valence-corrected chi connectivity index (χ2v) is 5.15. The summed E-state index contributed by atoms with van der Waals surface area (Å²) < 4.78 is 6.55. The molecule has 0 fully saturated rings. The molecule has 1 heterocycles. The Kier molecular flexibility index (Phi) is 4.37. The van der Waals surface area contributed by atoms with E-state index in [1.807, 2.05) is 6.07 Å². The first kappa shape index (κ1) is 14.1. The quantitative estimate of drug-likeness (QED) is 0.842. The predicted octanol–water partition coefficient (Wildman–Crippen LogP) is 0.529. The standard InChI is InChI=1S/C14H13NO4S/c1-9-15-14(18)12(20-9)8-10-4-2-3-5-11(10)19-7-6-13(16)17/h2-5,8H,1,6-7H2,(H,15,18)(H,16,17)/b12-8-. The first-order chi connectivity index (χ1) is 9.56. The Hall–Kier alpha value is -2.34. The third-order valence-electron chi connectivity index (χ3n) is 2.49. The Morgan fingerprint density at radius 1 is 1.45 bits per heavy atom. The number of carboxylic acid groups (broad SMARTS) is 1. The molecular formula is C14H13NO4S. The molecule has 0 aliphatic carbocycles. The average molecular weight is 291 g/mol. The fourth-order valence-corrected chi connectivity index (χ4v) is 2.35. The van der Waals surface area contributed by atoms with Crippen LogP contribution in [0.3, 0.4) is 0 Å². The molecule has 0 saturated carbocycles. The molecule has 0 amide bonds. The van der Waals surface area contributed by atoms with Gasteiger partial charge in [-0.1, -0.05) is 24.8 Å². The molecule has 0 unspecified atom stereocenters. The van der Waals surface area contributed by atoms with Crippen molar-refractivity contribution in [3.8, 4) is 5.75 Å². The minimum absolute atomic E-state index is 0.0725. The highest BCUT2D eigenvalue weighted by molar-refractivity contribution is 7.07. The minimum Gasteiger partial charge on any atom is -0.492 e. The number of aromatic amines is 1. The molecule has 0 atom stereocenters. The maximum Gasteiger partial charge on any atom is 0.306 e. The molecule has 0 bridgehead atoms. The lowest BCUT2D eigenvalue weighted by molar-refractivity contribution is -0.137. The summed E-state index contributed by atoms with van der Waals surface area (Å²) in [6.07, 6.45) is 1.63. The van der Waals surface area contributed by atoms with Gasteiger partial charge in [0.15, 0.2) is 0 Å². The molecule has 1 aromatic heterocycles. The summed E-state index contributed by atoms with van der Waals surface area (Å²) in [6.45, 7) is 3.77. The lowest BCUT2D eigenvalue weighted by Crippen LogP contribution is -2.19. The number of carbonyl (C=O) groups is 1. The Balaban J connectivity index is 2.31. The van der Waals surface area contributed by atoms with Crippen molar-refractivity contribution in [2.45, 2.75) is 6.42 Å². The van der Waals surface area contributed by atoms with Gasteiger partial charge in [-0.25, -0.2) is 0 Å². The number of rotatable bonds is 5. The molecule has 0 spiro atoms. The van der Waals surface area contributed by atoms with E-state index in [-0.39, 0.29) is 18.6 Å². The molecule has 20 heavy (non-hydrogen) atoms. The monoisotopic (exact) mass is 291 g/mol. The molecular weight excluding hydrogens is 278 g/mol. The van der Waals surface area contributed by atoms with E-state index >= 15 is 0 Å². The predicted molar refractivity (Wildman–Crippen MR) is 77.5 cm³/mol. The van der Waals surface area contributed by atoms with Gasteiger partial charge in [-0.15, -0.1) is 11.3 Å². The van der Waals surface area contributed by atoms with Crippen LogP contribution >= 0.6 is 11.3 Å². The lowest BCUT2D eigenvalue weighted by atomic mass is 10.2. The van der Waals surface area contributed by atoms with Crippen LogP contribution in [0.4, 0.5) is 0 Å². The van der Waals surface area contributed by atoms with Gasteiger partial charge >= 0.3 is 5.97 Å². The van der Waals surface area contributed by atoms with Gasteiger partial charge in [0, 0.05) is 5.56 Å². The highest BCUT2D eigenvalue weighted by Gasteiger charge is 2.03. The zero-order valence-electron chi connectivity index (χ0n) is 10.6. The van der Waals surface area contributed by atoms with Crippen molar-refractivity contribution in [3.05, 3.63) is 49.4 Å². The minimum atomic E-state index is -0.914. The highest BCUT2D eigenvalue weighted by Crippen LogP contribution is 2.18. The molecule has 0 radical (unpaired) electrons.